The molecule has 1 amide bonds. The van der Waals surface area contributed by atoms with E-state index in [4.69, 9.17) is 0 Å². The third-order valence-electron chi connectivity index (χ3n) is 5.61. The molecule has 0 bridgehead atoms. The molecule has 1 aromatic rings. The molecule has 1 saturated heterocycles. The van der Waals surface area contributed by atoms with Gasteiger partial charge in [0.25, 0.3) is 5.91 Å². The Balaban J connectivity index is 0.00000109. The van der Waals surface area contributed by atoms with Crippen LogP contribution in [0.1, 0.15) is 46.5 Å². The molecule has 142 valence electrons. The molecule has 0 radical (unpaired) electrons. The molecule has 1 aromatic heterocycles. The number of hydrogen-bond acceptors (Lipinski definition) is 4. The summed E-state index contributed by atoms with van der Waals surface area (Å²) in [5, 5.41) is 0. The van der Waals surface area contributed by atoms with Gasteiger partial charge in [0, 0.05) is 21.1 Å². The first-order valence-electron chi connectivity index (χ1n) is 9.21. The number of fused-ring (bicyclic) bond motifs is 1. The van der Waals surface area contributed by atoms with Crippen molar-refractivity contribution < 1.29 is 11.0 Å². The number of carbonyl (C=O) groups excluding carboxylic acids is 2. The molecule has 6 heteroatoms. The number of Topliss-reactive ketones (excluding diaryl/α,β-unsaturated/α-hetero) is 1. The fourth-order valence-corrected chi connectivity index (χ4v) is 4.10. The van der Waals surface area contributed by atoms with Gasteiger partial charge >= 0.3 is 0 Å². The average molecular weight is 351 g/mol. The number of likely N-dealkylation sites (N-methyl/N-ethyl adjacent to an activating group) is 1. The van der Waals surface area contributed by atoms with E-state index in [1.807, 2.05) is 32.5 Å². The largest absolute Gasteiger partial charge is 0.327 e. The molecule has 0 aromatic carbocycles. The molecule has 0 spiro atoms. The second-order valence-corrected chi connectivity index (χ2v) is 7.74. The van der Waals surface area contributed by atoms with Crippen LogP contribution >= 0.6 is 0 Å². The van der Waals surface area contributed by atoms with Gasteiger partial charge in [0.2, 0.25) is 0 Å². The van der Waals surface area contributed by atoms with Crippen molar-refractivity contribution >= 4 is 11.7 Å². The van der Waals surface area contributed by atoms with Crippen LogP contribution in [0.5, 0.6) is 0 Å². The van der Waals surface area contributed by atoms with Gasteiger partial charge in [-0.05, 0) is 38.3 Å². The third kappa shape index (κ3) is 3.50. The van der Waals surface area contributed by atoms with Crippen molar-refractivity contribution in [3.05, 3.63) is 18.2 Å². The maximum Gasteiger partial charge on any atom is 0.272 e. The van der Waals surface area contributed by atoms with E-state index in [9.17, 15) is 9.59 Å². The Labute approximate surface area is 152 Å². The van der Waals surface area contributed by atoms with Gasteiger partial charge in [0.1, 0.15) is 5.69 Å². The number of carbonyl (C=O) groups is 2. The van der Waals surface area contributed by atoms with E-state index < -0.39 is 0 Å². The standard InChI is InChI=1S/C17H26N4O2.C2H6.H2/c1-11(22)15-14-12(17(14,2)3)9-21(15)16(23)13-8-18-10-20(13)7-6-19(4)5;1-2;/h8,10,12,14-15H,6-7,9H2,1-5H3;1-2H3;1H/t12?,14-,15+;;/m0../s1. The second-order valence-electron chi connectivity index (χ2n) is 7.74. The first-order chi connectivity index (χ1) is 11.7. The van der Waals surface area contributed by atoms with E-state index in [2.05, 4.69) is 23.7 Å². The summed E-state index contributed by atoms with van der Waals surface area (Å²) >= 11 is 0. The smallest absolute Gasteiger partial charge is 0.272 e. The van der Waals surface area contributed by atoms with Gasteiger partial charge in [-0.2, -0.15) is 0 Å². The Morgan fingerprint density at radius 1 is 1.36 bits per heavy atom. The lowest BCUT2D eigenvalue weighted by Gasteiger charge is -2.29. The SMILES string of the molecule is CC.CC(=O)[C@@H]1[C@@H]2C(CN1C(=O)c1cncn1CCN(C)C)C2(C)C.[HH]. The predicted molar refractivity (Wildman–Crippen MR) is 101 cm³/mol. The van der Waals surface area contributed by atoms with Gasteiger partial charge in [-0.1, -0.05) is 27.7 Å². The van der Waals surface area contributed by atoms with Crippen molar-refractivity contribution in [3.8, 4) is 0 Å². The Hall–Kier alpha value is -1.69. The van der Waals surface area contributed by atoms with Crippen LogP contribution in [-0.2, 0) is 11.3 Å². The van der Waals surface area contributed by atoms with Crippen LogP contribution in [0.4, 0.5) is 0 Å². The van der Waals surface area contributed by atoms with Crippen molar-refractivity contribution in [1.29, 1.82) is 0 Å². The molecule has 1 saturated carbocycles. The summed E-state index contributed by atoms with van der Waals surface area (Å²) in [6.45, 7) is 12.2. The van der Waals surface area contributed by atoms with Crippen LogP contribution < -0.4 is 0 Å². The van der Waals surface area contributed by atoms with Crippen LogP contribution in [-0.4, -0.2) is 64.3 Å². The maximum absolute atomic E-state index is 13.0. The molecule has 3 rings (SSSR count). The first-order valence-corrected chi connectivity index (χ1v) is 9.21. The minimum atomic E-state index is -0.278. The monoisotopic (exact) mass is 350 g/mol. The van der Waals surface area contributed by atoms with Crippen LogP contribution in [0.2, 0.25) is 0 Å². The van der Waals surface area contributed by atoms with Gasteiger partial charge in [-0.15, -0.1) is 0 Å². The van der Waals surface area contributed by atoms with Crippen molar-refractivity contribution in [1.82, 2.24) is 19.4 Å². The van der Waals surface area contributed by atoms with Crippen molar-refractivity contribution in [2.24, 2.45) is 17.3 Å². The lowest BCUT2D eigenvalue weighted by atomic mass is 9.98. The second kappa shape index (κ2) is 7.28. The van der Waals surface area contributed by atoms with E-state index in [0.717, 1.165) is 6.54 Å². The molecule has 6 nitrogen and oxygen atoms in total. The highest BCUT2D eigenvalue weighted by molar-refractivity contribution is 5.97. The van der Waals surface area contributed by atoms with E-state index >= 15 is 0 Å². The highest BCUT2D eigenvalue weighted by Crippen LogP contribution is 2.65. The lowest BCUT2D eigenvalue weighted by Crippen LogP contribution is -2.45. The number of rotatable bonds is 5. The quantitative estimate of drug-likeness (QED) is 0.818. The van der Waals surface area contributed by atoms with E-state index in [1.54, 1.807) is 24.3 Å². The van der Waals surface area contributed by atoms with Crippen LogP contribution in [0.25, 0.3) is 0 Å². The summed E-state index contributed by atoms with van der Waals surface area (Å²) in [7, 11) is 4.00. The third-order valence-corrected chi connectivity index (χ3v) is 5.61. The zero-order valence-electron chi connectivity index (χ0n) is 16.6. The number of likely N-dealkylation sites (tertiary alicyclic amines) is 1. The molecule has 2 aliphatic rings. The molecular formula is C19H34N4O2. The zero-order chi connectivity index (χ0) is 18.9. The first kappa shape index (κ1) is 19.6. The average Bonchev–Trinajstić information content (AvgIpc) is 3.01. The number of imidazole rings is 1. The number of ketones is 1. The number of aromatic nitrogens is 2. The Morgan fingerprint density at radius 2 is 2.00 bits per heavy atom. The van der Waals surface area contributed by atoms with Crippen molar-refractivity contribution in [3.63, 3.8) is 0 Å². The summed E-state index contributed by atoms with van der Waals surface area (Å²) in [5.41, 5.74) is 0.760. The molecule has 2 heterocycles. The minimum absolute atomic E-state index is 0. The van der Waals surface area contributed by atoms with Crippen LogP contribution in [0.15, 0.2) is 12.5 Å². The molecule has 1 unspecified atom stereocenters. The zero-order valence-corrected chi connectivity index (χ0v) is 16.6. The van der Waals surface area contributed by atoms with Gasteiger partial charge in [-0.3, -0.25) is 9.59 Å². The highest BCUT2D eigenvalue weighted by Gasteiger charge is 2.68. The molecule has 2 fully saturated rings. The lowest BCUT2D eigenvalue weighted by molar-refractivity contribution is -0.121. The number of nitrogens with zero attached hydrogens (tertiary/aromatic N) is 4. The molecule has 0 N–H and O–H groups in total. The summed E-state index contributed by atoms with van der Waals surface area (Å²) in [6, 6.07) is -0.278. The fraction of sp³-hybridized carbons (Fsp3) is 0.737. The van der Waals surface area contributed by atoms with Gasteiger partial charge < -0.3 is 14.4 Å². The molecule has 1 aliphatic heterocycles. The minimum Gasteiger partial charge on any atom is -0.327 e. The highest BCUT2D eigenvalue weighted by atomic mass is 16.2. The van der Waals surface area contributed by atoms with Crippen LogP contribution in [0, 0.1) is 17.3 Å². The summed E-state index contributed by atoms with van der Waals surface area (Å²) in [4.78, 5) is 33.1. The molecule has 25 heavy (non-hydrogen) atoms. The van der Waals surface area contributed by atoms with E-state index in [1.165, 1.54) is 0 Å². The Morgan fingerprint density at radius 3 is 2.56 bits per heavy atom. The van der Waals surface area contributed by atoms with Gasteiger partial charge in [-0.25, -0.2) is 4.98 Å². The van der Waals surface area contributed by atoms with Crippen molar-refractivity contribution in [2.45, 2.75) is 47.2 Å². The van der Waals surface area contributed by atoms with Crippen molar-refractivity contribution in [2.75, 3.05) is 27.2 Å². The molecule has 3 atom stereocenters. The predicted octanol–water partition coefficient (Wildman–Crippen LogP) is 2.40. The Kier molecular flexibility index (Phi) is 5.72. The maximum atomic E-state index is 13.0. The van der Waals surface area contributed by atoms with Crippen LogP contribution in [0.3, 0.4) is 0 Å². The summed E-state index contributed by atoms with van der Waals surface area (Å²) in [5.74, 6) is 0.779. The fourth-order valence-electron chi connectivity index (χ4n) is 4.10. The van der Waals surface area contributed by atoms with Gasteiger partial charge in [0.15, 0.2) is 5.78 Å². The Bertz CT molecular complexity index is 641. The van der Waals surface area contributed by atoms with E-state index in [0.29, 0.717) is 30.6 Å². The molecular weight excluding hydrogens is 316 g/mol. The number of hydrogen-bond donors (Lipinski definition) is 0. The summed E-state index contributed by atoms with van der Waals surface area (Å²) in [6.07, 6.45) is 3.31. The molecule has 1 aliphatic carbocycles. The number of piperidine rings is 1. The summed E-state index contributed by atoms with van der Waals surface area (Å²) < 4.78 is 1.88. The topological polar surface area (TPSA) is 58.4 Å². The van der Waals surface area contributed by atoms with E-state index in [-0.39, 0.29) is 24.6 Å². The normalized spacial score (nSPS) is 26.1. The van der Waals surface area contributed by atoms with Gasteiger partial charge in [0.05, 0.1) is 18.6 Å². The number of amides is 1.